The maximum absolute atomic E-state index is 5.88. The molecule has 0 N–H and O–H groups in total. The largest absolute Gasteiger partial charge is 0.279 e. The highest BCUT2D eigenvalue weighted by molar-refractivity contribution is 5.83. The predicted octanol–water partition coefficient (Wildman–Crippen LogP) is 30.0. The van der Waals surface area contributed by atoms with Crippen LogP contribution < -0.4 is 14.7 Å². The topological polar surface area (TPSA) is 100.0 Å². The lowest BCUT2D eigenvalue weighted by Gasteiger charge is -2.30. The summed E-state index contributed by atoms with van der Waals surface area (Å²) >= 11 is 0. The quantitative estimate of drug-likeness (QED) is 0.0343. The van der Waals surface area contributed by atoms with E-state index in [1.807, 2.05) is 0 Å². The summed E-state index contributed by atoms with van der Waals surface area (Å²) in [7, 11) is 0. The van der Waals surface area contributed by atoms with Crippen molar-refractivity contribution >= 4 is 52.2 Å². The van der Waals surface area contributed by atoms with Gasteiger partial charge in [-0.05, 0) is 147 Å². The van der Waals surface area contributed by atoms with Gasteiger partial charge < -0.3 is 0 Å². The Labute approximate surface area is 641 Å². The van der Waals surface area contributed by atoms with Gasteiger partial charge in [0.1, 0.15) is 46.5 Å². The first kappa shape index (κ1) is 85.7. The van der Waals surface area contributed by atoms with Crippen LogP contribution in [0.3, 0.4) is 0 Å². The monoisotopic (exact) mass is 1430 g/mol. The summed E-state index contributed by atoms with van der Waals surface area (Å²) in [4.78, 5) is 44.9. The van der Waals surface area contributed by atoms with E-state index in [1.165, 1.54) is 303 Å². The van der Waals surface area contributed by atoms with E-state index in [2.05, 4.69) is 178 Å². The molecule has 7 heterocycles. The molecule has 0 saturated heterocycles. The van der Waals surface area contributed by atoms with Gasteiger partial charge in [-0.15, -0.1) is 0 Å². The smallest absolute Gasteiger partial charge is 0.144 e. The van der Waals surface area contributed by atoms with Crippen molar-refractivity contribution < 1.29 is 0 Å². The van der Waals surface area contributed by atoms with E-state index in [9.17, 15) is 0 Å². The average molecular weight is 1430 g/mol. The summed E-state index contributed by atoms with van der Waals surface area (Å²) in [6.45, 7) is 13.8. The molecule has 0 aromatic carbocycles. The fourth-order valence-corrected chi connectivity index (χ4v) is 14.9. The fourth-order valence-electron chi connectivity index (χ4n) is 14.9. The summed E-state index contributed by atoms with van der Waals surface area (Å²) in [6.07, 6.45) is 80.6. The van der Waals surface area contributed by atoms with Crippen LogP contribution in [-0.2, 0) is 38.5 Å². The number of anilines is 9. The van der Waals surface area contributed by atoms with Crippen LogP contribution in [0.2, 0.25) is 0 Å². The first-order valence-corrected chi connectivity index (χ1v) is 44.1. The lowest BCUT2D eigenvalue weighted by molar-refractivity contribution is 0.575. The third-order valence-corrected chi connectivity index (χ3v) is 21.6. The molecule has 105 heavy (non-hydrogen) atoms. The van der Waals surface area contributed by atoms with Crippen LogP contribution >= 0.6 is 0 Å². The number of rotatable bonds is 63. The molecule has 0 aliphatic heterocycles. The highest BCUT2D eigenvalue weighted by Gasteiger charge is 2.27. The lowest BCUT2D eigenvalue weighted by Crippen LogP contribution is -2.21. The van der Waals surface area contributed by atoms with Gasteiger partial charge in [0, 0.05) is 49.3 Å². The molecule has 10 nitrogen and oxygen atoms in total. The fraction of sp³-hybridized carbons (Fsp3) is 0.632. The van der Waals surface area contributed by atoms with Crippen LogP contribution in [0.1, 0.15) is 383 Å². The molecule has 0 unspecified atom stereocenters. The van der Waals surface area contributed by atoms with Crippen molar-refractivity contribution in [3.05, 3.63) is 155 Å². The second-order valence-corrected chi connectivity index (χ2v) is 31.0. The van der Waals surface area contributed by atoms with Gasteiger partial charge in [-0.1, -0.05) is 348 Å². The summed E-state index contributed by atoms with van der Waals surface area (Å²) in [5.41, 5.74) is 8.37. The Kier molecular flexibility index (Phi) is 44.8. The molecule has 0 atom stereocenters. The van der Waals surface area contributed by atoms with E-state index in [4.69, 9.17) is 34.9 Å². The molecule has 0 bridgehead atoms. The Bertz CT molecular complexity index is 2670. The van der Waals surface area contributed by atoms with Crippen molar-refractivity contribution in [2.45, 2.75) is 388 Å². The Morgan fingerprint density at radius 2 is 0.343 bits per heavy atom. The zero-order valence-electron chi connectivity index (χ0n) is 67.7. The SMILES string of the molecule is CCCCCCCCCCc1ccc(N(c2cc(N(c3ccc(CCCCCCCCCC)cn3)c3ccc(CCCCCCCCCC)cn3)nc(N(c3ccc(CCCCCCCCCC)cn3)c3ccc(CCCCCCCCCC)cn3)c2)c2ccc(CCCCCCCCCC)cn2)nc1. The van der Waals surface area contributed by atoms with Crippen molar-refractivity contribution in [1.82, 2.24) is 34.9 Å². The van der Waals surface area contributed by atoms with Crippen molar-refractivity contribution in [2.75, 3.05) is 14.7 Å². The molecule has 0 fully saturated rings. The molecule has 10 heteroatoms. The molecule has 0 saturated carbocycles. The summed E-state index contributed by atoms with van der Waals surface area (Å²) < 4.78 is 0. The molecule has 0 aliphatic rings. The Morgan fingerprint density at radius 3 is 0.505 bits per heavy atom. The molecule has 0 radical (unpaired) electrons. The van der Waals surface area contributed by atoms with Gasteiger partial charge >= 0.3 is 0 Å². The minimum atomic E-state index is 0.666. The van der Waals surface area contributed by atoms with Crippen LogP contribution in [0.4, 0.5) is 52.2 Å². The molecular weight excluding hydrogens is 1280 g/mol. The number of hydrogen-bond acceptors (Lipinski definition) is 10. The Balaban J connectivity index is 1.35. The predicted molar refractivity (Wildman–Crippen MR) is 453 cm³/mol. The minimum Gasteiger partial charge on any atom is -0.279 e. The van der Waals surface area contributed by atoms with Gasteiger partial charge in [-0.3, -0.25) is 14.7 Å². The summed E-state index contributed by atoms with van der Waals surface area (Å²) in [5.74, 6) is 5.93. The van der Waals surface area contributed by atoms with Crippen LogP contribution in [0, 0.1) is 0 Å². The highest BCUT2D eigenvalue weighted by atomic mass is 15.3. The van der Waals surface area contributed by atoms with Crippen LogP contribution in [0.25, 0.3) is 0 Å². The van der Waals surface area contributed by atoms with E-state index in [0.29, 0.717) is 11.6 Å². The number of pyridine rings is 7. The van der Waals surface area contributed by atoms with Gasteiger partial charge in [0.2, 0.25) is 0 Å². The van der Waals surface area contributed by atoms with Crippen molar-refractivity contribution in [2.24, 2.45) is 0 Å². The average Bonchev–Trinajstić information content (AvgIpc) is 0.764. The molecule has 7 aromatic rings. The third kappa shape index (κ3) is 34.1. The number of nitrogens with zero attached hydrogens (tertiary/aromatic N) is 10. The molecular formula is C95H146N10. The number of unbranched alkanes of at least 4 members (excludes halogenated alkanes) is 42. The second kappa shape index (κ2) is 54.9. The molecule has 7 aromatic heterocycles. The van der Waals surface area contributed by atoms with Crippen LogP contribution in [0.5, 0.6) is 0 Å². The lowest BCUT2D eigenvalue weighted by atomic mass is 10.0. The molecule has 7 rings (SSSR count). The van der Waals surface area contributed by atoms with E-state index in [0.717, 1.165) is 118 Å². The van der Waals surface area contributed by atoms with Gasteiger partial charge in [0.25, 0.3) is 0 Å². The van der Waals surface area contributed by atoms with E-state index in [-0.39, 0.29) is 0 Å². The van der Waals surface area contributed by atoms with E-state index >= 15 is 0 Å². The number of aryl methyl sites for hydroxylation is 6. The summed E-state index contributed by atoms with van der Waals surface area (Å²) in [5, 5.41) is 0. The number of hydrogen-bond donors (Lipinski definition) is 0. The van der Waals surface area contributed by atoms with E-state index in [1.54, 1.807) is 0 Å². The van der Waals surface area contributed by atoms with Gasteiger partial charge in [0.15, 0.2) is 0 Å². The van der Waals surface area contributed by atoms with Gasteiger partial charge in [0.05, 0.1) is 5.69 Å². The second-order valence-electron chi connectivity index (χ2n) is 31.0. The first-order chi connectivity index (χ1) is 51.9. The van der Waals surface area contributed by atoms with Crippen molar-refractivity contribution in [3.63, 3.8) is 0 Å². The normalized spacial score (nSPS) is 11.5. The van der Waals surface area contributed by atoms with Gasteiger partial charge in [-0.25, -0.2) is 34.9 Å². The highest BCUT2D eigenvalue weighted by Crippen LogP contribution is 2.43. The maximum Gasteiger partial charge on any atom is 0.144 e. The van der Waals surface area contributed by atoms with Crippen LogP contribution in [0.15, 0.2) is 122 Å². The van der Waals surface area contributed by atoms with E-state index < -0.39 is 0 Å². The number of aromatic nitrogens is 7. The third-order valence-electron chi connectivity index (χ3n) is 21.6. The van der Waals surface area contributed by atoms with Crippen molar-refractivity contribution in [1.29, 1.82) is 0 Å². The Hall–Kier alpha value is -6.55. The standard InChI is InChI=1S/C95H146N10/c1-7-13-19-25-31-37-43-49-55-81-61-67-88(96-75-81)103(89-68-62-82(76-97-89)56-50-44-38-32-26-20-14-8-2)87-73-94(104(90-69-63-83(77-98-90)57-51-45-39-33-27-21-15-9-3)91-70-64-84(78-99-91)58-52-46-40-34-28-22-16-10-4)102-95(74-87)105(92-71-65-85(79-100-92)59-53-47-41-35-29-23-17-11-5)93-72-66-86(80-101-93)60-54-48-42-36-30-24-18-12-6/h61-80H,7-60H2,1-6H3. The summed E-state index contributed by atoms with van der Waals surface area (Å²) in [6, 6.07) is 31.3. The van der Waals surface area contributed by atoms with Crippen molar-refractivity contribution in [3.8, 4) is 0 Å². The maximum atomic E-state index is 5.88. The molecule has 0 aliphatic carbocycles. The minimum absolute atomic E-state index is 0.666. The van der Waals surface area contributed by atoms with Crippen LogP contribution in [-0.4, -0.2) is 34.9 Å². The molecule has 576 valence electrons. The Morgan fingerprint density at radius 1 is 0.181 bits per heavy atom. The molecule has 0 spiro atoms. The zero-order valence-corrected chi connectivity index (χ0v) is 67.7. The zero-order chi connectivity index (χ0) is 73.7. The van der Waals surface area contributed by atoms with Gasteiger partial charge in [-0.2, -0.15) is 0 Å². The molecule has 0 amide bonds. The first-order valence-electron chi connectivity index (χ1n) is 44.1.